The number of anilines is 1. The van der Waals surface area contributed by atoms with E-state index in [1.165, 1.54) is 24.3 Å². The van der Waals surface area contributed by atoms with Crippen LogP contribution < -0.4 is 11.1 Å². The topological polar surface area (TPSA) is 38.0 Å². The van der Waals surface area contributed by atoms with Crippen molar-refractivity contribution in [2.24, 2.45) is 5.73 Å². The molecular formula is C8H7F3N2S2. The molecule has 15 heavy (non-hydrogen) atoms. The summed E-state index contributed by atoms with van der Waals surface area (Å²) in [6, 6.07) is 5.65. The van der Waals surface area contributed by atoms with E-state index in [4.69, 9.17) is 5.73 Å². The largest absolute Gasteiger partial charge is 0.446 e. The number of alkyl halides is 3. The molecule has 0 unspecified atom stereocenters. The van der Waals surface area contributed by atoms with Gasteiger partial charge in [0.2, 0.25) is 0 Å². The Morgan fingerprint density at radius 3 is 2.20 bits per heavy atom. The van der Waals surface area contributed by atoms with E-state index in [1.54, 1.807) is 0 Å². The predicted molar refractivity (Wildman–Crippen MR) is 58.8 cm³/mol. The van der Waals surface area contributed by atoms with Gasteiger partial charge in [-0.25, -0.2) is 0 Å². The standard InChI is InChI=1S/C8H7F3N2S2/c9-8(10,11)15-6-3-1-5(2-4-6)13-7(12)14/h1-4H,(H3,12,13,14). The molecule has 0 bridgehead atoms. The second-order valence-corrected chi connectivity index (χ2v) is 4.14. The minimum Gasteiger partial charge on any atom is -0.376 e. The van der Waals surface area contributed by atoms with Crippen molar-refractivity contribution in [1.29, 1.82) is 0 Å². The molecule has 0 aromatic heterocycles. The second-order valence-electron chi connectivity index (χ2n) is 2.56. The zero-order chi connectivity index (χ0) is 11.5. The number of halogens is 3. The van der Waals surface area contributed by atoms with Crippen molar-refractivity contribution < 1.29 is 13.2 Å². The highest BCUT2D eigenvalue weighted by Gasteiger charge is 2.28. The molecule has 1 aromatic rings. The van der Waals surface area contributed by atoms with Gasteiger partial charge in [0, 0.05) is 10.6 Å². The Labute approximate surface area is 94.0 Å². The Morgan fingerprint density at radius 1 is 1.27 bits per heavy atom. The van der Waals surface area contributed by atoms with Crippen molar-refractivity contribution in [2.75, 3.05) is 5.32 Å². The fourth-order valence-electron chi connectivity index (χ4n) is 0.882. The predicted octanol–water partition coefficient (Wildman–Crippen LogP) is 2.95. The molecule has 0 radical (unpaired) electrons. The van der Waals surface area contributed by atoms with Gasteiger partial charge in [0.1, 0.15) is 0 Å². The summed E-state index contributed by atoms with van der Waals surface area (Å²) in [4.78, 5) is 0.121. The first kappa shape index (κ1) is 12.1. The SMILES string of the molecule is NC(=S)Nc1ccc(SC(F)(F)F)cc1. The zero-order valence-electron chi connectivity index (χ0n) is 7.34. The monoisotopic (exact) mass is 252 g/mol. The van der Waals surface area contributed by atoms with Crippen molar-refractivity contribution >= 4 is 34.8 Å². The van der Waals surface area contributed by atoms with E-state index >= 15 is 0 Å². The minimum atomic E-state index is -4.27. The van der Waals surface area contributed by atoms with Gasteiger partial charge in [-0.1, -0.05) is 0 Å². The fraction of sp³-hybridized carbons (Fsp3) is 0.125. The lowest BCUT2D eigenvalue weighted by Gasteiger charge is -2.07. The first-order valence-electron chi connectivity index (χ1n) is 3.79. The van der Waals surface area contributed by atoms with E-state index in [0.29, 0.717) is 5.69 Å². The Balaban J connectivity index is 2.68. The first-order valence-corrected chi connectivity index (χ1v) is 5.01. The summed E-state index contributed by atoms with van der Waals surface area (Å²) in [5.41, 5.74) is 1.50. The summed E-state index contributed by atoms with van der Waals surface area (Å²) >= 11 is 4.42. The third-order valence-electron chi connectivity index (χ3n) is 1.36. The summed E-state index contributed by atoms with van der Waals surface area (Å²) < 4.78 is 35.9. The summed E-state index contributed by atoms with van der Waals surface area (Å²) in [6.07, 6.45) is 0. The molecule has 82 valence electrons. The lowest BCUT2D eigenvalue weighted by molar-refractivity contribution is -0.0328. The van der Waals surface area contributed by atoms with Crippen LogP contribution >= 0.6 is 24.0 Å². The van der Waals surface area contributed by atoms with Crippen molar-refractivity contribution in [3.8, 4) is 0 Å². The van der Waals surface area contributed by atoms with Crippen LogP contribution in [0.3, 0.4) is 0 Å². The highest BCUT2D eigenvalue weighted by atomic mass is 32.2. The van der Waals surface area contributed by atoms with Gasteiger partial charge in [0.05, 0.1) is 0 Å². The number of thioether (sulfide) groups is 1. The number of benzene rings is 1. The molecular weight excluding hydrogens is 245 g/mol. The minimum absolute atomic E-state index is 0.0752. The normalized spacial score (nSPS) is 11.1. The molecule has 0 atom stereocenters. The highest BCUT2D eigenvalue weighted by Crippen LogP contribution is 2.36. The summed E-state index contributed by atoms with van der Waals surface area (Å²) in [5, 5.41) is 2.69. The van der Waals surface area contributed by atoms with E-state index in [2.05, 4.69) is 17.5 Å². The third kappa shape index (κ3) is 4.89. The summed E-state index contributed by atoms with van der Waals surface area (Å²) in [6.45, 7) is 0. The second kappa shape index (κ2) is 4.71. The third-order valence-corrected chi connectivity index (χ3v) is 2.20. The summed E-state index contributed by atoms with van der Waals surface area (Å²) in [7, 11) is 0. The van der Waals surface area contributed by atoms with Crippen LogP contribution in [0.1, 0.15) is 0 Å². The molecule has 0 saturated heterocycles. The van der Waals surface area contributed by atoms with E-state index in [-0.39, 0.29) is 21.8 Å². The number of rotatable bonds is 2. The van der Waals surface area contributed by atoms with Crippen molar-refractivity contribution in [1.82, 2.24) is 0 Å². The van der Waals surface area contributed by atoms with E-state index in [0.717, 1.165) is 0 Å². The molecule has 0 aliphatic carbocycles. The van der Waals surface area contributed by atoms with Crippen LogP contribution in [0.5, 0.6) is 0 Å². The summed E-state index contributed by atoms with van der Waals surface area (Å²) in [5.74, 6) is 0. The van der Waals surface area contributed by atoms with Gasteiger partial charge in [-0.2, -0.15) is 13.2 Å². The molecule has 2 nitrogen and oxygen atoms in total. The number of hydrogen-bond donors (Lipinski definition) is 2. The average molecular weight is 252 g/mol. The van der Waals surface area contributed by atoms with Gasteiger partial charge >= 0.3 is 5.51 Å². The lowest BCUT2D eigenvalue weighted by atomic mass is 10.3. The van der Waals surface area contributed by atoms with Gasteiger partial charge < -0.3 is 11.1 Å². The fourth-order valence-corrected chi connectivity index (χ4v) is 1.54. The van der Waals surface area contributed by atoms with Gasteiger partial charge in [-0.05, 0) is 48.2 Å². The molecule has 0 fully saturated rings. The van der Waals surface area contributed by atoms with Crippen LogP contribution in [0, 0.1) is 0 Å². The number of hydrogen-bond acceptors (Lipinski definition) is 2. The van der Waals surface area contributed by atoms with Crippen LogP contribution in [-0.2, 0) is 0 Å². The van der Waals surface area contributed by atoms with Gasteiger partial charge in [-0.3, -0.25) is 0 Å². The number of nitrogens with one attached hydrogen (secondary N) is 1. The first-order chi connectivity index (χ1) is 6.87. The quantitative estimate of drug-likeness (QED) is 0.627. The molecule has 0 amide bonds. The van der Waals surface area contributed by atoms with Crippen LogP contribution in [0.2, 0.25) is 0 Å². The maximum atomic E-state index is 12.0. The molecule has 0 aliphatic heterocycles. The molecule has 0 saturated carbocycles. The highest BCUT2D eigenvalue weighted by molar-refractivity contribution is 8.00. The molecule has 1 rings (SSSR count). The van der Waals surface area contributed by atoms with Crippen LogP contribution in [0.25, 0.3) is 0 Å². The van der Waals surface area contributed by atoms with Crippen molar-refractivity contribution in [3.05, 3.63) is 24.3 Å². The molecule has 0 spiro atoms. The van der Waals surface area contributed by atoms with Gasteiger partial charge in [0.15, 0.2) is 5.11 Å². The molecule has 3 N–H and O–H groups in total. The Morgan fingerprint density at radius 2 is 1.80 bits per heavy atom. The van der Waals surface area contributed by atoms with Crippen LogP contribution in [-0.4, -0.2) is 10.6 Å². The maximum Gasteiger partial charge on any atom is 0.446 e. The number of nitrogens with two attached hydrogens (primary N) is 1. The average Bonchev–Trinajstić information content (AvgIpc) is 2.05. The van der Waals surface area contributed by atoms with E-state index in [9.17, 15) is 13.2 Å². The molecule has 0 aliphatic rings. The lowest BCUT2D eigenvalue weighted by Crippen LogP contribution is -2.18. The van der Waals surface area contributed by atoms with Crippen molar-refractivity contribution in [3.63, 3.8) is 0 Å². The Kier molecular flexibility index (Phi) is 3.81. The Bertz CT molecular complexity index is 348. The number of thiocarbonyl (C=S) groups is 1. The maximum absolute atomic E-state index is 12.0. The Hall–Kier alpha value is -0.950. The van der Waals surface area contributed by atoms with E-state index in [1.807, 2.05) is 0 Å². The van der Waals surface area contributed by atoms with Crippen LogP contribution in [0.4, 0.5) is 18.9 Å². The smallest absolute Gasteiger partial charge is 0.376 e. The molecule has 7 heteroatoms. The van der Waals surface area contributed by atoms with E-state index < -0.39 is 5.51 Å². The van der Waals surface area contributed by atoms with Crippen molar-refractivity contribution in [2.45, 2.75) is 10.4 Å². The molecule has 0 heterocycles. The van der Waals surface area contributed by atoms with Gasteiger partial charge in [0.25, 0.3) is 0 Å². The molecule has 1 aromatic carbocycles. The van der Waals surface area contributed by atoms with Gasteiger partial charge in [-0.15, -0.1) is 0 Å². The zero-order valence-corrected chi connectivity index (χ0v) is 8.97. The van der Waals surface area contributed by atoms with Crippen LogP contribution in [0.15, 0.2) is 29.2 Å².